The number of fused-ring (bicyclic) bond motifs is 10. The van der Waals surface area contributed by atoms with Crippen molar-refractivity contribution in [1.82, 2.24) is 9.97 Å². The highest BCUT2D eigenvalue weighted by Crippen LogP contribution is 2.75. The molecular formula is C41H53N3O. The highest BCUT2D eigenvalue weighted by molar-refractivity contribution is 5.95. The van der Waals surface area contributed by atoms with Crippen LogP contribution in [0.2, 0.25) is 0 Å². The number of amides is 1. The minimum Gasteiger partial charge on any atom is -0.358 e. The van der Waals surface area contributed by atoms with Gasteiger partial charge in [0, 0.05) is 28.2 Å². The Kier molecular flexibility index (Phi) is 6.14. The molecule has 2 N–H and O–H groups in total. The molecule has 5 aliphatic carbocycles. The van der Waals surface area contributed by atoms with Gasteiger partial charge in [-0.2, -0.15) is 0 Å². The molecule has 0 saturated heterocycles. The molecule has 4 nitrogen and oxygen atoms in total. The van der Waals surface area contributed by atoms with Gasteiger partial charge in [-0.1, -0.05) is 84.4 Å². The van der Waals surface area contributed by atoms with Crippen LogP contribution in [0.25, 0.3) is 10.9 Å². The smallest absolute Gasteiger partial charge is 0.232 e. The van der Waals surface area contributed by atoms with Crippen molar-refractivity contribution in [2.24, 2.45) is 44.8 Å². The second-order valence-corrected chi connectivity index (χ2v) is 18.0. The van der Waals surface area contributed by atoms with Crippen molar-refractivity contribution in [1.29, 1.82) is 0 Å². The summed E-state index contributed by atoms with van der Waals surface area (Å²) in [7, 11) is 0. The lowest BCUT2D eigenvalue weighted by molar-refractivity contribution is -0.165. The predicted molar refractivity (Wildman–Crippen MR) is 184 cm³/mol. The number of hydrogen-bond acceptors (Lipinski definition) is 2. The number of carbonyl (C=O) groups excluding carboxylic acids is 1. The summed E-state index contributed by atoms with van der Waals surface area (Å²) < 4.78 is 0. The number of benzene rings is 1. The normalized spacial score (nSPS) is 39.4. The van der Waals surface area contributed by atoms with E-state index in [2.05, 4.69) is 94.1 Å². The average Bonchev–Trinajstić information content (AvgIpc) is 3.37. The molecule has 238 valence electrons. The third kappa shape index (κ3) is 3.83. The van der Waals surface area contributed by atoms with Gasteiger partial charge in [0.05, 0.1) is 5.41 Å². The zero-order valence-electron chi connectivity index (χ0n) is 28.6. The molecule has 2 aromatic heterocycles. The average molecular weight is 604 g/mol. The van der Waals surface area contributed by atoms with Crippen LogP contribution in [0.5, 0.6) is 0 Å². The molecule has 1 aromatic carbocycles. The third-order valence-electron chi connectivity index (χ3n) is 15.1. The van der Waals surface area contributed by atoms with Crippen molar-refractivity contribution < 1.29 is 4.79 Å². The van der Waals surface area contributed by atoms with Crippen LogP contribution in [0.3, 0.4) is 0 Å². The van der Waals surface area contributed by atoms with Gasteiger partial charge in [0.15, 0.2) is 0 Å². The van der Waals surface area contributed by atoms with E-state index in [1.165, 1.54) is 29.4 Å². The van der Waals surface area contributed by atoms with Crippen LogP contribution in [0.1, 0.15) is 111 Å². The van der Waals surface area contributed by atoms with Gasteiger partial charge < -0.3 is 10.3 Å². The Hall–Kier alpha value is -2.88. The molecule has 2 heterocycles. The van der Waals surface area contributed by atoms with Crippen LogP contribution in [0.15, 0.2) is 60.3 Å². The van der Waals surface area contributed by atoms with Gasteiger partial charge in [0.2, 0.25) is 5.91 Å². The summed E-state index contributed by atoms with van der Waals surface area (Å²) >= 11 is 0. The fourth-order valence-corrected chi connectivity index (χ4v) is 12.6. The second kappa shape index (κ2) is 9.35. The standard InChI is InChI=1S/C41H53N3O/c1-36(2)19-21-41(35(45)44-33-14-10-11-23-42-33)22-20-39(6)28(29(41)25-36)15-16-32-38(5)24-27-26-12-8-9-13-30(26)43-34(27)37(3,4)31(38)17-18-40(32,39)7/h8-15,23,29,31-32,43H,16-22,24-25H2,1-7H3,(H,42,44,45)/t29-,31-,32+,38-,39+,40+,41-/m0/s1. The van der Waals surface area contributed by atoms with E-state index in [1.54, 1.807) is 17.3 Å². The number of anilines is 1. The number of rotatable bonds is 2. The summed E-state index contributed by atoms with van der Waals surface area (Å²) in [6, 6.07) is 14.8. The van der Waals surface area contributed by atoms with Crippen molar-refractivity contribution >= 4 is 22.6 Å². The summed E-state index contributed by atoms with van der Waals surface area (Å²) in [5.41, 5.74) is 6.48. The highest BCUT2D eigenvalue weighted by atomic mass is 16.2. The quantitative estimate of drug-likeness (QED) is 0.286. The zero-order valence-corrected chi connectivity index (χ0v) is 28.6. The first-order valence-corrected chi connectivity index (χ1v) is 17.8. The number of nitrogens with one attached hydrogen (secondary N) is 2. The summed E-state index contributed by atoms with van der Waals surface area (Å²) in [4.78, 5) is 22.8. The van der Waals surface area contributed by atoms with Crippen molar-refractivity contribution in [2.75, 3.05) is 5.32 Å². The molecule has 3 saturated carbocycles. The van der Waals surface area contributed by atoms with Crippen LogP contribution < -0.4 is 5.32 Å². The molecule has 3 fully saturated rings. The third-order valence-corrected chi connectivity index (χ3v) is 15.1. The Balaban J connectivity index is 1.21. The number of pyridine rings is 1. The second-order valence-electron chi connectivity index (χ2n) is 18.0. The highest BCUT2D eigenvalue weighted by Gasteiger charge is 2.69. The molecule has 45 heavy (non-hydrogen) atoms. The largest absolute Gasteiger partial charge is 0.358 e. The van der Waals surface area contributed by atoms with E-state index in [0.29, 0.717) is 17.7 Å². The lowest BCUT2D eigenvalue weighted by atomic mass is 9.33. The van der Waals surface area contributed by atoms with Crippen molar-refractivity contribution in [3.63, 3.8) is 0 Å². The van der Waals surface area contributed by atoms with Crippen LogP contribution >= 0.6 is 0 Å². The first-order valence-electron chi connectivity index (χ1n) is 17.8. The Morgan fingerprint density at radius 1 is 0.889 bits per heavy atom. The van der Waals surface area contributed by atoms with E-state index in [9.17, 15) is 4.79 Å². The monoisotopic (exact) mass is 603 g/mol. The van der Waals surface area contributed by atoms with Crippen LogP contribution in [0, 0.1) is 44.8 Å². The molecule has 8 rings (SSSR count). The van der Waals surface area contributed by atoms with E-state index in [-0.39, 0.29) is 44.3 Å². The molecular weight excluding hydrogens is 550 g/mol. The molecule has 0 spiro atoms. The Labute approximate surface area is 270 Å². The van der Waals surface area contributed by atoms with Gasteiger partial charge >= 0.3 is 0 Å². The molecule has 7 atom stereocenters. The minimum atomic E-state index is -0.353. The Morgan fingerprint density at radius 3 is 2.42 bits per heavy atom. The first kappa shape index (κ1) is 29.5. The van der Waals surface area contributed by atoms with E-state index < -0.39 is 0 Å². The molecule has 5 aliphatic rings. The lowest BCUT2D eigenvalue weighted by Gasteiger charge is -2.70. The van der Waals surface area contributed by atoms with Crippen molar-refractivity contribution in [3.05, 3.63) is 71.6 Å². The number of carbonyl (C=O) groups is 1. The van der Waals surface area contributed by atoms with Crippen LogP contribution in [0.4, 0.5) is 5.82 Å². The van der Waals surface area contributed by atoms with E-state index in [4.69, 9.17) is 0 Å². The van der Waals surface area contributed by atoms with Gasteiger partial charge in [-0.05, 0) is 121 Å². The fourth-order valence-electron chi connectivity index (χ4n) is 12.6. The van der Waals surface area contributed by atoms with Gasteiger partial charge in [0.1, 0.15) is 5.82 Å². The minimum absolute atomic E-state index is 0.0986. The maximum atomic E-state index is 14.4. The van der Waals surface area contributed by atoms with E-state index in [1.807, 2.05) is 18.2 Å². The molecule has 3 aromatic rings. The van der Waals surface area contributed by atoms with Crippen molar-refractivity contribution in [2.45, 2.75) is 112 Å². The van der Waals surface area contributed by atoms with E-state index >= 15 is 0 Å². The van der Waals surface area contributed by atoms with Gasteiger partial charge in [0.25, 0.3) is 0 Å². The molecule has 0 radical (unpaired) electrons. The molecule has 1 amide bonds. The molecule has 0 bridgehead atoms. The van der Waals surface area contributed by atoms with E-state index in [0.717, 1.165) is 44.9 Å². The molecule has 0 aliphatic heterocycles. The summed E-state index contributed by atoms with van der Waals surface area (Å²) in [6.07, 6.45) is 14.6. The van der Waals surface area contributed by atoms with Crippen LogP contribution in [-0.4, -0.2) is 15.9 Å². The zero-order chi connectivity index (χ0) is 31.6. The maximum absolute atomic E-state index is 14.4. The number of nitrogens with zero attached hydrogens (tertiary/aromatic N) is 1. The van der Waals surface area contributed by atoms with Gasteiger partial charge in [-0.25, -0.2) is 4.98 Å². The number of H-pyrrole nitrogens is 1. The number of hydrogen-bond donors (Lipinski definition) is 2. The van der Waals surface area contributed by atoms with Gasteiger partial charge in [-0.3, -0.25) is 4.79 Å². The summed E-state index contributed by atoms with van der Waals surface area (Å²) in [5, 5.41) is 4.72. The van der Waals surface area contributed by atoms with Gasteiger partial charge in [-0.15, -0.1) is 0 Å². The first-order chi connectivity index (χ1) is 21.3. The number of allylic oxidation sites excluding steroid dienone is 2. The number of para-hydroxylation sites is 1. The van der Waals surface area contributed by atoms with Crippen LogP contribution in [-0.2, 0) is 16.6 Å². The summed E-state index contributed by atoms with van der Waals surface area (Å²) in [5.74, 6) is 2.43. The number of aromatic amines is 1. The predicted octanol–water partition coefficient (Wildman–Crippen LogP) is 10.0. The molecule has 0 unspecified atom stereocenters. The fraction of sp³-hybridized carbons (Fsp3) is 0.610. The summed E-state index contributed by atoms with van der Waals surface area (Å²) in [6.45, 7) is 17.9. The molecule has 4 heteroatoms. The Bertz CT molecular complexity index is 1710. The van der Waals surface area contributed by atoms with Crippen molar-refractivity contribution in [3.8, 4) is 0 Å². The number of aromatic nitrogens is 2. The topological polar surface area (TPSA) is 57.8 Å². The Morgan fingerprint density at radius 2 is 1.64 bits per heavy atom. The SMILES string of the molecule is CC1(C)CC[C@]2(C(=O)Nc3ccccn3)CC[C@]3(C)C(=CC[C@@H]4[C@@]5(C)Cc6c([nH]c7ccccc67)C(C)(C)[C@@H]5CC[C@]43C)[C@@H]2C1. The maximum Gasteiger partial charge on any atom is 0.232 e. The lowest BCUT2D eigenvalue weighted by Crippen LogP contribution is -2.65.